The first kappa shape index (κ1) is 12.4. The molecule has 0 aliphatic carbocycles. The fourth-order valence-electron chi connectivity index (χ4n) is 2.73. The standard InChI is InChI=1S/C14H22N2O/c1-10-4-11(2)6-13(5-10)16-12(3)7-15-8-14(16)9-17/h4-6,12,14-15,17H,7-9H2,1-3H3. The minimum atomic E-state index is 0.181. The van der Waals surface area contributed by atoms with Gasteiger partial charge in [0.1, 0.15) is 0 Å². The van der Waals surface area contributed by atoms with Crippen molar-refractivity contribution in [2.24, 2.45) is 0 Å². The van der Waals surface area contributed by atoms with Crippen LogP contribution < -0.4 is 10.2 Å². The second-order valence-corrected chi connectivity index (χ2v) is 5.10. The summed E-state index contributed by atoms with van der Waals surface area (Å²) in [5.74, 6) is 0. The fraction of sp³-hybridized carbons (Fsp3) is 0.571. The number of aliphatic hydroxyl groups excluding tert-OH is 1. The molecular weight excluding hydrogens is 212 g/mol. The van der Waals surface area contributed by atoms with Crippen LogP contribution in [0, 0.1) is 13.8 Å². The first-order valence-corrected chi connectivity index (χ1v) is 6.30. The molecular formula is C14H22N2O. The number of nitrogens with one attached hydrogen (secondary N) is 1. The highest BCUT2D eigenvalue weighted by atomic mass is 16.3. The van der Waals surface area contributed by atoms with Crippen molar-refractivity contribution in [3.05, 3.63) is 29.3 Å². The summed E-state index contributed by atoms with van der Waals surface area (Å²) < 4.78 is 0. The Morgan fingerprint density at radius 2 is 1.88 bits per heavy atom. The first-order chi connectivity index (χ1) is 8.11. The molecule has 1 saturated heterocycles. The molecule has 0 amide bonds. The highest BCUT2D eigenvalue weighted by Crippen LogP contribution is 2.24. The predicted octanol–water partition coefficient (Wildman–Crippen LogP) is 1.46. The van der Waals surface area contributed by atoms with Gasteiger partial charge in [-0.15, -0.1) is 0 Å². The van der Waals surface area contributed by atoms with E-state index in [4.69, 9.17) is 0 Å². The number of rotatable bonds is 2. The molecule has 1 fully saturated rings. The summed E-state index contributed by atoms with van der Waals surface area (Å²) in [5, 5.41) is 12.9. The Labute approximate surface area is 103 Å². The fourth-order valence-corrected chi connectivity index (χ4v) is 2.73. The van der Waals surface area contributed by atoms with Crippen molar-refractivity contribution >= 4 is 5.69 Å². The number of anilines is 1. The normalized spacial score (nSPS) is 25.1. The van der Waals surface area contributed by atoms with Crippen molar-refractivity contribution in [1.29, 1.82) is 0 Å². The van der Waals surface area contributed by atoms with E-state index in [2.05, 4.69) is 49.2 Å². The zero-order valence-electron chi connectivity index (χ0n) is 10.9. The third-order valence-corrected chi connectivity index (χ3v) is 3.40. The van der Waals surface area contributed by atoms with Crippen molar-refractivity contribution in [3.8, 4) is 0 Å². The molecule has 2 rings (SSSR count). The second-order valence-electron chi connectivity index (χ2n) is 5.10. The van der Waals surface area contributed by atoms with Crippen LogP contribution in [-0.2, 0) is 0 Å². The van der Waals surface area contributed by atoms with Gasteiger partial charge in [-0.1, -0.05) is 6.07 Å². The Hall–Kier alpha value is -1.06. The molecule has 1 aliphatic heterocycles. The monoisotopic (exact) mass is 234 g/mol. The summed E-state index contributed by atoms with van der Waals surface area (Å²) in [5.41, 5.74) is 3.79. The summed E-state index contributed by atoms with van der Waals surface area (Å²) in [6, 6.07) is 7.20. The number of aliphatic hydroxyl groups is 1. The predicted molar refractivity (Wildman–Crippen MR) is 71.6 cm³/mol. The molecule has 2 unspecified atom stereocenters. The maximum Gasteiger partial charge on any atom is 0.0649 e. The Kier molecular flexibility index (Phi) is 3.69. The van der Waals surface area contributed by atoms with Crippen LogP contribution in [0.4, 0.5) is 5.69 Å². The van der Waals surface area contributed by atoms with Crippen molar-refractivity contribution in [3.63, 3.8) is 0 Å². The van der Waals surface area contributed by atoms with Crippen molar-refractivity contribution in [2.45, 2.75) is 32.9 Å². The van der Waals surface area contributed by atoms with Gasteiger partial charge in [-0.25, -0.2) is 0 Å². The summed E-state index contributed by atoms with van der Waals surface area (Å²) in [4.78, 5) is 2.34. The number of hydrogen-bond acceptors (Lipinski definition) is 3. The molecule has 0 bridgehead atoms. The third-order valence-electron chi connectivity index (χ3n) is 3.40. The summed E-state index contributed by atoms with van der Waals surface area (Å²) in [7, 11) is 0. The van der Waals surface area contributed by atoms with E-state index in [9.17, 15) is 5.11 Å². The Bertz CT molecular complexity index is 372. The van der Waals surface area contributed by atoms with Crippen LogP contribution in [-0.4, -0.2) is 36.9 Å². The van der Waals surface area contributed by atoms with Crippen LogP contribution >= 0.6 is 0 Å². The molecule has 3 heteroatoms. The van der Waals surface area contributed by atoms with Gasteiger partial charge in [-0.05, 0) is 44.0 Å². The summed E-state index contributed by atoms with van der Waals surface area (Å²) >= 11 is 0. The van der Waals surface area contributed by atoms with Crippen LogP contribution in [0.1, 0.15) is 18.1 Å². The molecule has 1 heterocycles. The van der Waals surface area contributed by atoms with Crippen LogP contribution in [0.25, 0.3) is 0 Å². The van der Waals surface area contributed by atoms with Gasteiger partial charge in [0.05, 0.1) is 12.6 Å². The molecule has 94 valence electrons. The van der Waals surface area contributed by atoms with E-state index in [1.54, 1.807) is 0 Å². The lowest BCUT2D eigenvalue weighted by atomic mass is 10.0. The number of benzene rings is 1. The van der Waals surface area contributed by atoms with Crippen LogP contribution in [0.2, 0.25) is 0 Å². The largest absolute Gasteiger partial charge is 0.394 e. The molecule has 0 radical (unpaired) electrons. The van der Waals surface area contributed by atoms with Gasteiger partial charge in [-0.2, -0.15) is 0 Å². The average Bonchev–Trinajstić information content (AvgIpc) is 2.27. The number of aryl methyl sites for hydroxylation is 2. The third kappa shape index (κ3) is 2.61. The maximum atomic E-state index is 9.50. The minimum Gasteiger partial charge on any atom is -0.394 e. The molecule has 0 spiro atoms. The van der Waals surface area contributed by atoms with E-state index in [1.165, 1.54) is 16.8 Å². The number of hydrogen-bond donors (Lipinski definition) is 2. The van der Waals surface area contributed by atoms with Crippen molar-refractivity contribution in [2.75, 3.05) is 24.6 Å². The molecule has 2 atom stereocenters. The molecule has 2 N–H and O–H groups in total. The Morgan fingerprint density at radius 3 is 2.47 bits per heavy atom. The smallest absolute Gasteiger partial charge is 0.0649 e. The van der Waals surface area contributed by atoms with E-state index in [0.717, 1.165) is 13.1 Å². The average molecular weight is 234 g/mol. The lowest BCUT2D eigenvalue weighted by Crippen LogP contribution is -2.58. The van der Waals surface area contributed by atoms with Gasteiger partial charge in [0, 0.05) is 24.8 Å². The van der Waals surface area contributed by atoms with Gasteiger partial charge in [-0.3, -0.25) is 0 Å². The van der Waals surface area contributed by atoms with E-state index in [0.29, 0.717) is 6.04 Å². The zero-order chi connectivity index (χ0) is 12.4. The van der Waals surface area contributed by atoms with Gasteiger partial charge >= 0.3 is 0 Å². The molecule has 1 aromatic rings. The van der Waals surface area contributed by atoms with E-state index in [1.807, 2.05) is 0 Å². The van der Waals surface area contributed by atoms with Crippen molar-refractivity contribution < 1.29 is 5.11 Å². The van der Waals surface area contributed by atoms with Crippen LogP contribution in [0.15, 0.2) is 18.2 Å². The number of nitrogens with zero attached hydrogens (tertiary/aromatic N) is 1. The SMILES string of the molecule is Cc1cc(C)cc(N2C(C)CNCC2CO)c1. The molecule has 3 nitrogen and oxygen atoms in total. The Balaban J connectivity index is 2.34. The highest BCUT2D eigenvalue weighted by Gasteiger charge is 2.27. The maximum absolute atomic E-state index is 9.50. The second kappa shape index (κ2) is 5.07. The lowest BCUT2D eigenvalue weighted by Gasteiger charge is -2.42. The molecule has 0 aromatic heterocycles. The Morgan fingerprint density at radius 1 is 1.24 bits per heavy atom. The van der Waals surface area contributed by atoms with E-state index < -0.39 is 0 Å². The lowest BCUT2D eigenvalue weighted by molar-refractivity contribution is 0.235. The summed E-state index contributed by atoms with van der Waals surface area (Å²) in [6.45, 7) is 8.47. The van der Waals surface area contributed by atoms with Gasteiger partial charge < -0.3 is 15.3 Å². The van der Waals surface area contributed by atoms with E-state index >= 15 is 0 Å². The van der Waals surface area contributed by atoms with Crippen molar-refractivity contribution in [1.82, 2.24) is 5.32 Å². The molecule has 0 saturated carbocycles. The van der Waals surface area contributed by atoms with Gasteiger partial charge in [0.2, 0.25) is 0 Å². The van der Waals surface area contributed by atoms with E-state index in [-0.39, 0.29) is 12.6 Å². The topological polar surface area (TPSA) is 35.5 Å². The number of piperazine rings is 1. The first-order valence-electron chi connectivity index (χ1n) is 6.30. The quantitative estimate of drug-likeness (QED) is 0.813. The van der Waals surface area contributed by atoms with Crippen LogP contribution in [0.5, 0.6) is 0 Å². The summed E-state index contributed by atoms with van der Waals surface area (Å²) in [6.07, 6.45) is 0. The molecule has 17 heavy (non-hydrogen) atoms. The van der Waals surface area contributed by atoms with Gasteiger partial charge in [0.25, 0.3) is 0 Å². The molecule has 1 aromatic carbocycles. The molecule has 1 aliphatic rings. The van der Waals surface area contributed by atoms with Gasteiger partial charge in [0.15, 0.2) is 0 Å². The van der Waals surface area contributed by atoms with Crippen LogP contribution in [0.3, 0.4) is 0 Å². The minimum absolute atomic E-state index is 0.181. The highest BCUT2D eigenvalue weighted by molar-refractivity contribution is 5.53. The zero-order valence-corrected chi connectivity index (χ0v) is 10.9.